The number of hydrogen-bond donors (Lipinski definition) is 1. The summed E-state index contributed by atoms with van der Waals surface area (Å²) in [5.74, 6) is 0. The number of benzene rings is 1. The molecule has 3 nitrogen and oxygen atoms in total. The Morgan fingerprint density at radius 2 is 1.95 bits per heavy atom. The average molecular weight is 291 g/mol. The summed E-state index contributed by atoms with van der Waals surface area (Å²) in [6.45, 7) is 6.21. The van der Waals surface area contributed by atoms with Gasteiger partial charge in [-0.3, -0.25) is 10.1 Å². The SMILES string of the molecule is CCOP(N)(=O)C1(c2ccccc2)C=C(C)C=C(C)C1. The van der Waals surface area contributed by atoms with Crippen LogP contribution < -0.4 is 5.50 Å². The van der Waals surface area contributed by atoms with E-state index in [2.05, 4.69) is 6.08 Å². The number of allylic oxidation sites excluding steroid dienone is 4. The van der Waals surface area contributed by atoms with Gasteiger partial charge in [0.2, 0.25) is 0 Å². The lowest BCUT2D eigenvalue weighted by Crippen LogP contribution is -2.31. The highest BCUT2D eigenvalue weighted by Crippen LogP contribution is 2.63. The largest absolute Gasteiger partial charge is 0.317 e. The maximum Gasteiger partial charge on any atom is 0.281 e. The molecular formula is C16H22NO2P. The zero-order chi connectivity index (χ0) is 14.8. The molecule has 0 aromatic heterocycles. The van der Waals surface area contributed by atoms with Gasteiger partial charge < -0.3 is 4.52 Å². The Morgan fingerprint density at radius 3 is 2.50 bits per heavy atom. The first-order valence-corrected chi connectivity index (χ1v) is 8.56. The Bertz CT molecular complexity index is 592. The van der Waals surface area contributed by atoms with Crippen LogP contribution in [0.1, 0.15) is 32.8 Å². The fraction of sp³-hybridized carbons (Fsp3) is 0.375. The van der Waals surface area contributed by atoms with Gasteiger partial charge in [0, 0.05) is 0 Å². The normalized spacial score (nSPS) is 25.6. The fourth-order valence-electron chi connectivity index (χ4n) is 2.93. The zero-order valence-corrected chi connectivity index (χ0v) is 13.2. The van der Waals surface area contributed by atoms with E-state index in [1.807, 2.05) is 57.2 Å². The third-order valence-electron chi connectivity index (χ3n) is 3.64. The first kappa shape index (κ1) is 15.2. The summed E-state index contributed by atoms with van der Waals surface area (Å²) in [6, 6.07) is 9.78. The molecule has 1 aromatic rings. The second-order valence-corrected chi connectivity index (χ2v) is 7.61. The van der Waals surface area contributed by atoms with Crippen LogP contribution in [0.15, 0.2) is 53.6 Å². The van der Waals surface area contributed by atoms with Gasteiger partial charge in [-0.1, -0.05) is 53.6 Å². The highest BCUT2D eigenvalue weighted by Gasteiger charge is 2.47. The maximum atomic E-state index is 13.1. The van der Waals surface area contributed by atoms with Gasteiger partial charge in [0.1, 0.15) is 5.16 Å². The molecule has 0 heterocycles. The molecular weight excluding hydrogens is 269 g/mol. The van der Waals surface area contributed by atoms with Gasteiger partial charge in [-0.25, -0.2) is 0 Å². The van der Waals surface area contributed by atoms with Crippen LogP contribution in [-0.2, 0) is 14.2 Å². The predicted molar refractivity (Wildman–Crippen MR) is 83.7 cm³/mol. The summed E-state index contributed by atoms with van der Waals surface area (Å²) in [5, 5.41) is -0.757. The Kier molecular flexibility index (Phi) is 4.33. The van der Waals surface area contributed by atoms with Crippen molar-refractivity contribution in [3.8, 4) is 0 Å². The van der Waals surface area contributed by atoms with E-state index in [-0.39, 0.29) is 0 Å². The van der Waals surface area contributed by atoms with E-state index in [0.717, 1.165) is 11.1 Å². The van der Waals surface area contributed by atoms with E-state index in [1.165, 1.54) is 5.57 Å². The van der Waals surface area contributed by atoms with Crippen molar-refractivity contribution >= 4 is 7.52 Å². The molecule has 0 amide bonds. The Hall–Kier alpha value is -1.15. The first-order chi connectivity index (χ1) is 9.41. The monoisotopic (exact) mass is 291 g/mol. The fourth-order valence-corrected chi connectivity index (χ4v) is 4.91. The van der Waals surface area contributed by atoms with E-state index in [0.29, 0.717) is 13.0 Å². The second kappa shape index (κ2) is 5.69. The molecule has 0 radical (unpaired) electrons. The van der Waals surface area contributed by atoms with Crippen LogP contribution >= 0.6 is 7.52 Å². The van der Waals surface area contributed by atoms with Gasteiger partial charge in [-0.2, -0.15) is 0 Å². The lowest BCUT2D eigenvalue weighted by atomic mass is 9.85. The summed E-state index contributed by atoms with van der Waals surface area (Å²) in [5.41, 5.74) is 9.34. The van der Waals surface area contributed by atoms with Crippen molar-refractivity contribution in [2.24, 2.45) is 5.50 Å². The molecule has 0 saturated carbocycles. The van der Waals surface area contributed by atoms with Gasteiger partial charge in [-0.05, 0) is 32.8 Å². The van der Waals surface area contributed by atoms with Crippen LogP contribution in [0.25, 0.3) is 0 Å². The van der Waals surface area contributed by atoms with E-state index in [9.17, 15) is 4.57 Å². The average Bonchev–Trinajstić information content (AvgIpc) is 2.38. The first-order valence-electron chi connectivity index (χ1n) is 6.87. The lowest BCUT2D eigenvalue weighted by molar-refractivity contribution is 0.315. The second-order valence-electron chi connectivity index (χ2n) is 5.36. The Labute approximate surface area is 121 Å². The van der Waals surface area contributed by atoms with Gasteiger partial charge >= 0.3 is 0 Å². The summed E-state index contributed by atoms with van der Waals surface area (Å²) in [6.07, 6.45) is 4.74. The molecule has 4 heteroatoms. The summed E-state index contributed by atoms with van der Waals surface area (Å²) in [7, 11) is -3.31. The molecule has 2 unspecified atom stereocenters. The topological polar surface area (TPSA) is 52.3 Å². The van der Waals surface area contributed by atoms with Crippen LogP contribution in [0.2, 0.25) is 0 Å². The van der Waals surface area contributed by atoms with Crippen LogP contribution in [0.5, 0.6) is 0 Å². The highest BCUT2D eigenvalue weighted by atomic mass is 31.2. The predicted octanol–water partition coefficient (Wildman–Crippen LogP) is 4.37. The van der Waals surface area contributed by atoms with E-state index < -0.39 is 12.7 Å². The van der Waals surface area contributed by atoms with Crippen LogP contribution in [0.3, 0.4) is 0 Å². The highest BCUT2D eigenvalue weighted by molar-refractivity contribution is 7.58. The molecule has 0 fully saturated rings. The third-order valence-corrected chi connectivity index (χ3v) is 5.94. The van der Waals surface area contributed by atoms with Crippen molar-refractivity contribution < 1.29 is 9.09 Å². The van der Waals surface area contributed by atoms with Crippen LogP contribution in [0, 0.1) is 0 Å². The van der Waals surface area contributed by atoms with Gasteiger partial charge in [0.15, 0.2) is 0 Å². The van der Waals surface area contributed by atoms with Crippen molar-refractivity contribution in [2.45, 2.75) is 32.3 Å². The molecule has 2 N–H and O–H groups in total. The van der Waals surface area contributed by atoms with E-state index in [1.54, 1.807) is 0 Å². The molecule has 2 rings (SSSR count). The minimum absolute atomic E-state index is 0.345. The molecule has 0 saturated heterocycles. The summed E-state index contributed by atoms with van der Waals surface area (Å²) < 4.78 is 18.6. The van der Waals surface area contributed by atoms with Gasteiger partial charge in [0.25, 0.3) is 7.52 Å². The number of nitrogens with two attached hydrogens (primary N) is 1. The van der Waals surface area contributed by atoms with Crippen LogP contribution in [-0.4, -0.2) is 6.61 Å². The maximum absolute atomic E-state index is 13.1. The molecule has 1 aromatic carbocycles. The van der Waals surface area contributed by atoms with Crippen molar-refractivity contribution in [3.05, 3.63) is 59.2 Å². The molecule has 2 atom stereocenters. The standard InChI is InChI=1S/C16H22NO2P/c1-4-19-20(17,18)16(15-8-6-5-7-9-15)11-13(2)10-14(3)12-16/h5-11H,4,12H2,1-3H3,(H2,17,18). The van der Waals surface area contributed by atoms with E-state index in [4.69, 9.17) is 10.0 Å². The molecule has 0 bridgehead atoms. The summed E-state index contributed by atoms with van der Waals surface area (Å²) in [4.78, 5) is 0. The quantitative estimate of drug-likeness (QED) is 0.838. The molecule has 108 valence electrons. The molecule has 1 aliphatic rings. The molecule has 0 spiro atoms. The third kappa shape index (κ3) is 2.67. The van der Waals surface area contributed by atoms with Gasteiger partial charge in [-0.15, -0.1) is 0 Å². The minimum Gasteiger partial charge on any atom is -0.317 e. The van der Waals surface area contributed by atoms with Crippen molar-refractivity contribution in [1.29, 1.82) is 0 Å². The molecule has 1 aliphatic carbocycles. The smallest absolute Gasteiger partial charge is 0.281 e. The lowest BCUT2D eigenvalue weighted by Gasteiger charge is -2.38. The Balaban J connectivity index is 2.63. The number of hydrogen-bond acceptors (Lipinski definition) is 2. The molecule has 0 aliphatic heterocycles. The summed E-state index contributed by atoms with van der Waals surface area (Å²) >= 11 is 0. The van der Waals surface area contributed by atoms with E-state index >= 15 is 0 Å². The minimum atomic E-state index is -3.31. The number of rotatable bonds is 4. The van der Waals surface area contributed by atoms with Crippen molar-refractivity contribution in [2.75, 3.05) is 6.61 Å². The zero-order valence-electron chi connectivity index (χ0n) is 12.3. The van der Waals surface area contributed by atoms with Crippen molar-refractivity contribution in [1.82, 2.24) is 0 Å². The van der Waals surface area contributed by atoms with Crippen molar-refractivity contribution in [3.63, 3.8) is 0 Å². The van der Waals surface area contributed by atoms with Crippen LogP contribution in [0.4, 0.5) is 0 Å². The van der Waals surface area contributed by atoms with Gasteiger partial charge in [0.05, 0.1) is 6.61 Å². The molecule has 20 heavy (non-hydrogen) atoms. The Morgan fingerprint density at radius 1 is 1.30 bits per heavy atom.